The first-order valence-electron chi connectivity index (χ1n) is 5.87. The number of hydrogen-bond donors (Lipinski definition) is 1. The van der Waals surface area contributed by atoms with Gasteiger partial charge in [0.05, 0.1) is 11.1 Å². The van der Waals surface area contributed by atoms with Crippen molar-refractivity contribution in [3.8, 4) is 17.5 Å². The van der Waals surface area contributed by atoms with Crippen molar-refractivity contribution in [3.05, 3.63) is 34.0 Å². The van der Waals surface area contributed by atoms with Crippen LogP contribution in [0.1, 0.15) is 13.8 Å². The molecule has 0 saturated carbocycles. The summed E-state index contributed by atoms with van der Waals surface area (Å²) in [6, 6.07) is 5.25. The molecule has 2 aromatic rings. The van der Waals surface area contributed by atoms with Crippen molar-refractivity contribution < 1.29 is 9.47 Å². The average Bonchev–Trinajstić information content (AvgIpc) is 2.36. The molecule has 2 N–H and O–H groups in total. The number of nitrogen functional groups attached to an aromatic ring is 1. The smallest absolute Gasteiger partial charge is 0.249 e. The van der Waals surface area contributed by atoms with Crippen LogP contribution >= 0.6 is 27.5 Å². The fraction of sp³-hybridized carbons (Fsp3) is 0.231. The second-order valence-electron chi connectivity index (χ2n) is 4.24. The molecule has 0 bridgehead atoms. The zero-order valence-corrected chi connectivity index (χ0v) is 13.3. The van der Waals surface area contributed by atoms with Gasteiger partial charge in [-0.3, -0.25) is 0 Å². The summed E-state index contributed by atoms with van der Waals surface area (Å²) in [7, 11) is 0. The highest BCUT2D eigenvalue weighted by atomic mass is 79.9. The fourth-order valence-corrected chi connectivity index (χ4v) is 2.14. The number of anilines is 1. The maximum atomic E-state index is 6.09. The maximum Gasteiger partial charge on any atom is 0.249 e. The number of benzene rings is 1. The lowest BCUT2D eigenvalue weighted by Crippen LogP contribution is -2.10. The van der Waals surface area contributed by atoms with Crippen LogP contribution in [0.3, 0.4) is 0 Å². The van der Waals surface area contributed by atoms with Gasteiger partial charge in [-0.05, 0) is 32.0 Å². The lowest BCUT2D eigenvalue weighted by atomic mass is 10.3. The number of nitrogens with zero attached hydrogens (tertiary/aromatic N) is 2. The number of aromatic nitrogens is 2. The summed E-state index contributed by atoms with van der Waals surface area (Å²) in [5.41, 5.74) is 6.17. The standard InChI is InChI=1S/C13H13BrClN3O2/c1-7(2)19-12-11(16)13(18-6-17-12)20-10-4-3-8(14)5-9(10)15/h3-7H,16H2,1-2H3. The molecule has 106 valence electrons. The summed E-state index contributed by atoms with van der Waals surface area (Å²) >= 11 is 9.41. The molecule has 0 aliphatic rings. The zero-order valence-electron chi connectivity index (χ0n) is 10.9. The van der Waals surface area contributed by atoms with Gasteiger partial charge in [0.2, 0.25) is 11.8 Å². The van der Waals surface area contributed by atoms with Gasteiger partial charge in [0.1, 0.15) is 12.1 Å². The Morgan fingerprint density at radius 2 is 1.95 bits per heavy atom. The molecule has 20 heavy (non-hydrogen) atoms. The van der Waals surface area contributed by atoms with Crippen LogP contribution in [0.5, 0.6) is 17.5 Å². The molecule has 0 atom stereocenters. The molecule has 0 aliphatic carbocycles. The van der Waals surface area contributed by atoms with Crippen LogP contribution in [0.4, 0.5) is 5.69 Å². The Bertz CT molecular complexity index is 623. The minimum Gasteiger partial charge on any atom is -0.473 e. The summed E-state index contributed by atoms with van der Waals surface area (Å²) in [5, 5.41) is 0.448. The number of nitrogens with two attached hydrogens (primary N) is 1. The molecule has 0 amide bonds. The van der Waals surface area contributed by atoms with Gasteiger partial charge in [-0.1, -0.05) is 27.5 Å². The van der Waals surface area contributed by atoms with Crippen molar-refractivity contribution in [2.45, 2.75) is 20.0 Å². The largest absolute Gasteiger partial charge is 0.473 e. The van der Waals surface area contributed by atoms with E-state index in [1.54, 1.807) is 12.1 Å². The highest BCUT2D eigenvalue weighted by Crippen LogP contribution is 2.35. The van der Waals surface area contributed by atoms with Crippen molar-refractivity contribution in [2.24, 2.45) is 0 Å². The minimum absolute atomic E-state index is 0.0451. The Labute approximate surface area is 130 Å². The highest BCUT2D eigenvalue weighted by molar-refractivity contribution is 9.10. The van der Waals surface area contributed by atoms with Crippen molar-refractivity contribution in [1.82, 2.24) is 9.97 Å². The predicted molar refractivity (Wildman–Crippen MR) is 81.4 cm³/mol. The number of ether oxygens (including phenoxy) is 2. The van der Waals surface area contributed by atoms with Crippen LogP contribution in [0.2, 0.25) is 5.02 Å². The van der Waals surface area contributed by atoms with E-state index in [1.807, 2.05) is 19.9 Å². The molecule has 1 aromatic carbocycles. The Morgan fingerprint density at radius 3 is 2.60 bits per heavy atom. The van der Waals surface area contributed by atoms with E-state index in [1.165, 1.54) is 6.33 Å². The molecular weight excluding hydrogens is 346 g/mol. The third kappa shape index (κ3) is 3.52. The van der Waals surface area contributed by atoms with E-state index < -0.39 is 0 Å². The second-order valence-corrected chi connectivity index (χ2v) is 5.56. The summed E-state index contributed by atoms with van der Waals surface area (Å²) in [5.74, 6) is 0.953. The molecule has 0 radical (unpaired) electrons. The van der Waals surface area contributed by atoms with Gasteiger partial charge in [-0.2, -0.15) is 9.97 Å². The SMILES string of the molecule is CC(C)Oc1ncnc(Oc2ccc(Br)cc2Cl)c1N. The predicted octanol–water partition coefficient (Wildman–Crippen LogP) is 4.05. The van der Waals surface area contributed by atoms with Crippen LogP contribution in [0.15, 0.2) is 29.0 Å². The first-order valence-corrected chi connectivity index (χ1v) is 7.04. The molecular formula is C13H13BrClN3O2. The van der Waals surface area contributed by atoms with Gasteiger partial charge < -0.3 is 15.2 Å². The lowest BCUT2D eigenvalue weighted by Gasteiger charge is -2.13. The summed E-state index contributed by atoms with van der Waals surface area (Å²) in [6.07, 6.45) is 1.28. The Kier molecular flexibility index (Phi) is 4.67. The van der Waals surface area contributed by atoms with E-state index >= 15 is 0 Å². The third-order valence-corrected chi connectivity index (χ3v) is 3.05. The minimum atomic E-state index is -0.0451. The van der Waals surface area contributed by atoms with E-state index in [4.69, 9.17) is 26.8 Å². The van der Waals surface area contributed by atoms with Crippen LogP contribution in [-0.2, 0) is 0 Å². The molecule has 7 heteroatoms. The van der Waals surface area contributed by atoms with E-state index in [9.17, 15) is 0 Å². The first kappa shape index (κ1) is 14.9. The molecule has 1 aromatic heterocycles. The Balaban J connectivity index is 2.29. The Hall–Kier alpha value is -1.53. The molecule has 0 unspecified atom stereocenters. The third-order valence-electron chi connectivity index (χ3n) is 2.26. The van der Waals surface area contributed by atoms with Gasteiger partial charge in [-0.25, -0.2) is 0 Å². The van der Waals surface area contributed by atoms with E-state index in [0.29, 0.717) is 16.7 Å². The molecule has 1 heterocycles. The van der Waals surface area contributed by atoms with Gasteiger partial charge in [0.25, 0.3) is 0 Å². The second kappa shape index (κ2) is 6.28. The average molecular weight is 359 g/mol. The van der Waals surface area contributed by atoms with Crippen LogP contribution in [0.25, 0.3) is 0 Å². The highest BCUT2D eigenvalue weighted by Gasteiger charge is 2.14. The van der Waals surface area contributed by atoms with Crippen LogP contribution in [0, 0.1) is 0 Å². The fourth-order valence-electron chi connectivity index (χ4n) is 1.42. The summed E-state index contributed by atoms with van der Waals surface area (Å²) < 4.78 is 11.9. The van der Waals surface area contributed by atoms with E-state index in [2.05, 4.69) is 25.9 Å². The van der Waals surface area contributed by atoms with Crippen molar-refractivity contribution in [2.75, 3.05) is 5.73 Å². The topological polar surface area (TPSA) is 70.3 Å². The van der Waals surface area contributed by atoms with E-state index in [-0.39, 0.29) is 17.7 Å². The maximum absolute atomic E-state index is 6.09. The van der Waals surface area contributed by atoms with Crippen molar-refractivity contribution in [3.63, 3.8) is 0 Å². The number of rotatable bonds is 4. The molecule has 0 fully saturated rings. The molecule has 0 aliphatic heterocycles. The number of halogens is 2. The summed E-state index contributed by atoms with van der Waals surface area (Å²) in [6.45, 7) is 3.77. The molecule has 0 spiro atoms. The quantitative estimate of drug-likeness (QED) is 0.892. The van der Waals surface area contributed by atoms with Gasteiger partial charge in [-0.15, -0.1) is 0 Å². The van der Waals surface area contributed by atoms with Crippen LogP contribution in [-0.4, -0.2) is 16.1 Å². The Morgan fingerprint density at radius 1 is 1.25 bits per heavy atom. The number of hydrogen-bond acceptors (Lipinski definition) is 5. The van der Waals surface area contributed by atoms with Gasteiger partial charge >= 0.3 is 0 Å². The zero-order chi connectivity index (χ0) is 14.7. The van der Waals surface area contributed by atoms with Crippen molar-refractivity contribution >= 4 is 33.2 Å². The normalized spacial score (nSPS) is 10.7. The molecule has 5 nitrogen and oxygen atoms in total. The molecule has 2 rings (SSSR count). The summed E-state index contributed by atoms with van der Waals surface area (Å²) in [4.78, 5) is 7.97. The molecule has 0 saturated heterocycles. The van der Waals surface area contributed by atoms with Gasteiger partial charge in [0.15, 0.2) is 5.69 Å². The lowest BCUT2D eigenvalue weighted by molar-refractivity contribution is 0.233. The van der Waals surface area contributed by atoms with Crippen LogP contribution < -0.4 is 15.2 Å². The van der Waals surface area contributed by atoms with Crippen molar-refractivity contribution in [1.29, 1.82) is 0 Å². The monoisotopic (exact) mass is 357 g/mol. The van der Waals surface area contributed by atoms with Gasteiger partial charge in [0, 0.05) is 4.47 Å². The first-order chi connectivity index (χ1) is 9.47. The van der Waals surface area contributed by atoms with E-state index in [0.717, 1.165) is 4.47 Å².